The smallest absolute Gasteiger partial charge is 0.343 e. The van der Waals surface area contributed by atoms with E-state index in [1.807, 2.05) is 6.92 Å². The molecule has 1 aromatic heterocycles. The highest BCUT2D eigenvalue weighted by Crippen LogP contribution is 2.36. The molecule has 0 saturated heterocycles. The first kappa shape index (κ1) is 35.9. The van der Waals surface area contributed by atoms with Crippen LogP contribution in [0.3, 0.4) is 0 Å². The van der Waals surface area contributed by atoms with E-state index in [2.05, 4.69) is 9.73 Å². The second-order valence-corrected chi connectivity index (χ2v) is 11.8. The second-order valence-electron chi connectivity index (χ2n) is 10.8. The van der Waals surface area contributed by atoms with Gasteiger partial charge in [0.1, 0.15) is 12.4 Å². The summed E-state index contributed by atoms with van der Waals surface area (Å²) < 4.78 is 49.3. The molecule has 0 N–H and O–H groups in total. The lowest BCUT2D eigenvalue weighted by molar-refractivity contribution is -0.143. The molecule has 0 aliphatic carbocycles. The number of carbonyl (C=O) groups is 2. The van der Waals surface area contributed by atoms with Crippen molar-refractivity contribution >= 4 is 29.4 Å². The molecule has 1 aliphatic heterocycles. The predicted octanol–water partition coefficient (Wildman–Crippen LogP) is 4.87. The van der Waals surface area contributed by atoms with Crippen molar-refractivity contribution in [1.29, 1.82) is 0 Å². The Bertz CT molecular complexity index is 2100. The zero-order valence-corrected chi connectivity index (χ0v) is 29.1. The molecule has 0 saturated carbocycles. The first-order chi connectivity index (χ1) is 24.2. The van der Waals surface area contributed by atoms with Gasteiger partial charge in [0, 0.05) is 5.56 Å². The molecule has 1 atom stereocenters. The molecule has 3 aromatic carbocycles. The molecule has 0 amide bonds. The number of hydrogen-bond acceptors (Lipinski definition) is 11. The summed E-state index contributed by atoms with van der Waals surface area (Å²) in [6.45, 7) is 7.48. The van der Waals surface area contributed by atoms with Crippen LogP contribution in [0.1, 0.15) is 50.4 Å². The number of carbonyl (C=O) groups excluding carboxylic acids is 2. The molecule has 2 heterocycles. The molecule has 262 valence electrons. The average Bonchev–Trinajstić information content (AvgIpc) is 3.40. The van der Waals surface area contributed by atoms with Crippen LogP contribution in [0.25, 0.3) is 6.08 Å². The Morgan fingerprint density at radius 2 is 1.60 bits per heavy atom. The number of methoxy groups -OCH3 is 1. The topological polar surface area (TPSA) is 124 Å². The van der Waals surface area contributed by atoms with E-state index in [1.54, 1.807) is 81.4 Å². The van der Waals surface area contributed by atoms with Crippen molar-refractivity contribution in [2.75, 3.05) is 33.5 Å². The van der Waals surface area contributed by atoms with Crippen LogP contribution in [0, 0.1) is 5.82 Å². The van der Waals surface area contributed by atoms with Crippen LogP contribution in [0.15, 0.2) is 81.7 Å². The summed E-state index contributed by atoms with van der Waals surface area (Å²) in [6, 6.07) is 15.7. The molecule has 4 aromatic rings. The molecule has 0 unspecified atom stereocenters. The monoisotopic (exact) mass is 704 g/mol. The molecule has 11 nitrogen and oxygen atoms in total. The summed E-state index contributed by atoms with van der Waals surface area (Å²) in [5, 5.41) is 0. The zero-order chi connectivity index (χ0) is 35.8. The highest BCUT2D eigenvalue weighted by Gasteiger charge is 2.34. The van der Waals surface area contributed by atoms with Gasteiger partial charge in [-0.1, -0.05) is 41.7 Å². The average molecular weight is 705 g/mol. The van der Waals surface area contributed by atoms with E-state index in [9.17, 15) is 18.8 Å². The van der Waals surface area contributed by atoms with Gasteiger partial charge in [0.2, 0.25) is 0 Å². The third-order valence-electron chi connectivity index (χ3n) is 7.58. The third kappa shape index (κ3) is 7.89. The molecule has 0 bridgehead atoms. The quantitative estimate of drug-likeness (QED) is 0.169. The summed E-state index contributed by atoms with van der Waals surface area (Å²) in [5.74, 6) is -0.0783. The van der Waals surface area contributed by atoms with Crippen molar-refractivity contribution in [3.05, 3.63) is 114 Å². The van der Waals surface area contributed by atoms with Crippen LogP contribution in [0.2, 0.25) is 0 Å². The number of allylic oxidation sites excluding steroid dienone is 1. The van der Waals surface area contributed by atoms with Gasteiger partial charge in [-0.2, -0.15) is 0 Å². The number of fused-ring (bicyclic) bond motifs is 1. The van der Waals surface area contributed by atoms with E-state index >= 15 is 0 Å². The fourth-order valence-corrected chi connectivity index (χ4v) is 6.36. The van der Waals surface area contributed by atoms with Crippen LogP contribution < -0.4 is 33.8 Å². The van der Waals surface area contributed by atoms with Gasteiger partial charge < -0.3 is 28.4 Å². The Hall–Kier alpha value is -5.43. The van der Waals surface area contributed by atoms with Crippen molar-refractivity contribution < 1.29 is 42.4 Å². The van der Waals surface area contributed by atoms with Crippen molar-refractivity contribution in [1.82, 2.24) is 4.57 Å². The molecule has 0 spiro atoms. The van der Waals surface area contributed by atoms with Crippen LogP contribution in [-0.2, 0) is 25.7 Å². The second kappa shape index (κ2) is 16.3. The highest BCUT2D eigenvalue weighted by atomic mass is 32.1. The van der Waals surface area contributed by atoms with E-state index in [4.69, 9.17) is 23.7 Å². The summed E-state index contributed by atoms with van der Waals surface area (Å²) >= 11 is 1.17. The number of aromatic nitrogens is 1. The summed E-state index contributed by atoms with van der Waals surface area (Å²) in [4.78, 5) is 44.3. The maximum Gasteiger partial charge on any atom is 0.343 e. The summed E-state index contributed by atoms with van der Waals surface area (Å²) in [6.07, 6.45) is 1.71. The van der Waals surface area contributed by atoms with Gasteiger partial charge >= 0.3 is 11.9 Å². The number of rotatable bonds is 14. The maximum atomic E-state index is 14.2. The van der Waals surface area contributed by atoms with Crippen molar-refractivity contribution in [3.8, 4) is 23.0 Å². The minimum atomic E-state index is -0.908. The van der Waals surface area contributed by atoms with Gasteiger partial charge in [-0.05, 0) is 75.2 Å². The van der Waals surface area contributed by atoms with Crippen LogP contribution in [0.4, 0.5) is 4.39 Å². The van der Waals surface area contributed by atoms with Crippen molar-refractivity contribution in [2.45, 2.75) is 40.3 Å². The Labute approximate surface area is 291 Å². The van der Waals surface area contributed by atoms with Gasteiger partial charge in [0.05, 0.1) is 48.8 Å². The van der Waals surface area contributed by atoms with Gasteiger partial charge in [0.25, 0.3) is 5.56 Å². The van der Waals surface area contributed by atoms with E-state index in [0.29, 0.717) is 61.3 Å². The normalized spacial score (nSPS) is 14.0. The number of thiazole rings is 1. The molecule has 50 heavy (non-hydrogen) atoms. The standard InChI is InChI=1S/C37H37FN2O9S/c1-6-45-29-17-23(13-15-27(29)48-20-25-11-9-10-12-26(25)38)18-31-35(42)40-34(33(36(43)47-8-3)22(4)39-37(40)50-31)24-14-16-28(30(19-24)46-7-2)49-21-32(41)44-5/h9-19,34H,6-8,20-21H2,1-5H3/b31-18-/t34-/m1/s1. The van der Waals surface area contributed by atoms with Crippen molar-refractivity contribution in [2.24, 2.45) is 4.99 Å². The number of ether oxygens (including phenoxy) is 6. The Kier molecular flexibility index (Phi) is 11.7. The van der Waals surface area contributed by atoms with Crippen LogP contribution in [-0.4, -0.2) is 50.0 Å². The number of esters is 2. The molecular weight excluding hydrogens is 667 g/mol. The first-order valence-electron chi connectivity index (χ1n) is 16.0. The summed E-state index contributed by atoms with van der Waals surface area (Å²) in [5.41, 5.74) is 1.82. The molecular formula is C37H37FN2O9S. The minimum Gasteiger partial charge on any atom is -0.490 e. The SMILES string of the molecule is CCOC(=O)C1=C(C)N=c2s/c(=C\c3ccc(OCc4ccccc4F)c(OCC)c3)c(=O)n2[C@@H]1c1ccc(OCC(=O)OC)c(OCC)c1. The Morgan fingerprint density at radius 1 is 0.900 bits per heavy atom. The number of hydrogen-bond donors (Lipinski definition) is 0. The zero-order valence-electron chi connectivity index (χ0n) is 28.3. The highest BCUT2D eigenvalue weighted by molar-refractivity contribution is 7.07. The lowest BCUT2D eigenvalue weighted by atomic mass is 9.95. The molecule has 1 aliphatic rings. The number of benzene rings is 3. The fraction of sp³-hybridized carbons (Fsp3) is 0.297. The van der Waals surface area contributed by atoms with Gasteiger partial charge in [-0.25, -0.2) is 19.0 Å². The van der Waals surface area contributed by atoms with Gasteiger partial charge in [-0.15, -0.1) is 0 Å². The molecule has 13 heteroatoms. The molecule has 0 radical (unpaired) electrons. The summed E-state index contributed by atoms with van der Waals surface area (Å²) in [7, 11) is 1.26. The predicted molar refractivity (Wildman–Crippen MR) is 184 cm³/mol. The van der Waals surface area contributed by atoms with E-state index in [1.165, 1.54) is 29.1 Å². The molecule has 5 rings (SSSR count). The van der Waals surface area contributed by atoms with Gasteiger partial charge in [-0.3, -0.25) is 9.36 Å². The van der Waals surface area contributed by atoms with Crippen LogP contribution in [0.5, 0.6) is 23.0 Å². The van der Waals surface area contributed by atoms with Crippen molar-refractivity contribution in [3.63, 3.8) is 0 Å². The van der Waals surface area contributed by atoms with Crippen LogP contribution >= 0.6 is 11.3 Å². The Morgan fingerprint density at radius 3 is 2.30 bits per heavy atom. The lowest BCUT2D eigenvalue weighted by Crippen LogP contribution is -2.40. The fourth-order valence-electron chi connectivity index (χ4n) is 5.31. The van der Waals surface area contributed by atoms with E-state index in [0.717, 1.165) is 0 Å². The number of halogens is 1. The van der Waals surface area contributed by atoms with Gasteiger partial charge in [0.15, 0.2) is 34.4 Å². The number of nitrogens with zero attached hydrogens (tertiary/aromatic N) is 2. The largest absolute Gasteiger partial charge is 0.490 e. The first-order valence-corrected chi connectivity index (χ1v) is 16.8. The lowest BCUT2D eigenvalue weighted by Gasteiger charge is -2.25. The maximum absolute atomic E-state index is 14.2. The van der Waals surface area contributed by atoms with E-state index in [-0.39, 0.29) is 43.4 Å². The minimum absolute atomic E-state index is 0.0102. The Balaban J connectivity index is 1.57. The third-order valence-corrected chi connectivity index (χ3v) is 8.56. The van der Waals surface area contributed by atoms with E-state index < -0.39 is 18.0 Å². The molecule has 0 fully saturated rings.